The van der Waals surface area contributed by atoms with Gasteiger partial charge in [0.25, 0.3) is 0 Å². The highest BCUT2D eigenvalue weighted by atomic mass is 35.5. The van der Waals surface area contributed by atoms with Crippen LogP contribution in [0.5, 0.6) is 0 Å². The van der Waals surface area contributed by atoms with Gasteiger partial charge in [-0.1, -0.05) is 29.3 Å². The Morgan fingerprint density at radius 1 is 1.00 bits per heavy atom. The Balaban J connectivity index is 2.96. The summed E-state index contributed by atoms with van der Waals surface area (Å²) in [6, 6.07) is 9.40. The average Bonchev–Trinajstić information content (AvgIpc) is 2.31. The lowest BCUT2D eigenvalue weighted by molar-refractivity contribution is 0.797. The highest BCUT2D eigenvalue weighted by Gasteiger charge is 2.13. The first-order valence-corrected chi connectivity index (χ1v) is 5.89. The van der Waals surface area contributed by atoms with Crippen LogP contribution in [0.3, 0.4) is 0 Å². The molecule has 0 saturated carbocycles. The van der Waals surface area contributed by atoms with Gasteiger partial charge in [-0.05, 0) is 12.1 Å². The highest BCUT2D eigenvalue weighted by molar-refractivity contribution is 6.39. The van der Waals surface area contributed by atoms with Crippen molar-refractivity contribution in [1.82, 2.24) is 0 Å². The first kappa shape index (κ1) is 13.6. The number of nitrogens with zero attached hydrogens (tertiary/aromatic N) is 3. The van der Waals surface area contributed by atoms with E-state index in [1.807, 2.05) is 4.90 Å². The number of rotatable bonds is 5. The van der Waals surface area contributed by atoms with Crippen molar-refractivity contribution in [2.75, 3.05) is 18.0 Å². The molecule has 0 radical (unpaired) electrons. The van der Waals surface area contributed by atoms with Crippen LogP contribution in [-0.2, 0) is 0 Å². The fourth-order valence-corrected chi connectivity index (χ4v) is 2.13. The number of halogens is 2. The lowest BCUT2D eigenvalue weighted by Gasteiger charge is -2.24. The maximum atomic E-state index is 8.62. The van der Waals surface area contributed by atoms with Gasteiger partial charge in [-0.2, -0.15) is 10.5 Å². The molecule has 17 heavy (non-hydrogen) atoms. The van der Waals surface area contributed by atoms with Gasteiger partial charge in [0, 0.05) is 13.1 Å². The van der Waals surface area contributed by atoms with Gasteiger partial charge in [-0.3, -0.25) is 0 Å². The third-order valence-electron chi connectivity index (χ3n) is 2.24. The zero-order valence-corrected chi connectivity index (χ0v) is 10.7. The molecule has 88 valence electrons. The monoisotopic (exact) mass is 267 g/mol. The molecule has 0 aliphatic rings. The van der Waals surface area contributed by atoms with E-state index in [0.717, 1.165) is 0 Å². The van der Waals surface area contributed by atoms with Crippen molar-refractivity contribution in [2.24, 2.45) is 0 Å². The van der Waals surface area contributed by atoms with Crippen LogP contribution in [0.2, 0.25) is 10.0 Å². The number of hydrogen-bond donors (Lipinski definition) is 0. The van der Waals surface area contributed by atoms with Crippen LogP contribution in [0.15, 0.2) is 18.2 Å². The van der Waals surface area contributed by atoms with Crippen LogP contribution in [0.4, 0.5) is 5.69 Å². The highest BCUT2D eigenvalue weighted by Crippen LogP contribution is 2.33. The third kappa shape index (κ3) is 3.82. The molecule has 0 spiro atoms. The standard InChI is InChI=1S/C12H11Cl2N3/c13-10-4-1-5-11(14)12(10)17(8-2-6-15)9-3-7-16/h1,4-5H,2-3,8-9H2. The summed E-state index contributed by atoms with van der Waals surface area (Å²) < 4.78 is 0. The van der Waals surface area contributed by atoms with Crippen LogP contribution < -0.4 is 4.90 Å². The molecule has 0 amide bonds. The van der Waals surface area contributed by atoms with Crippen LogP contribution in [0, 0.1) is 22.7 Å². The summed E-state index contributed by atoms with van der Waals surface area (Å²) >= 11 is 12.2. The predicted molar refractivity (Wildman–Crippen MR) is 69.1 cm³/mol. The maximum absolute atomic E-state index is 8.62. The maximum Gasteiger partial charge on any atom is 0.0745 e. The van der Waals surface area contributed by atoms with E-state index >= 15 is 0 Å². The molecule has 0 aliphatic carbocycles. The Labute approximate surface area is 111 Å². The molecule has 0 fully saturated rings. The minimum Gasteiger partial charge on any atom is -0.367 e. The topological polar surface area (TPSA) is 50.8 Å². The smallest absolute Gasteiger partial charge is 0.0745 e. The van der Waals surface area contributed by atoms with E-state index in [9.17, 15) is 0 Å². The summed E-state index contributed by atoms with van der Waals surface area (Å²) in [5, 5.41) is 18.3. The largest absolute Gasteiger partial charge is 0.367 e. The lowest BCUT2D eigenvalue weighted by Crippen LogP contribution is -2.25. The third-order valence-corrected chi connectivity index (χ3v) is 2.85. The van der Waals surface area contributed by atoms with Gasteiger partial charge in [0.15, 0.2) is 0 Å². The van der Waals surface area contributed by atoms with Crippen molar-refractivity contribution in [3.8, 4) is 12.1 Å². The van der Waals surface area contributed by atoms with Crippen molar-refractivity contribution in [3.63, 3.8) is 0 Å². The van der Waals surface area contributed by atoms with Gasteiger partial charge in [0.2, 0.25) is 0 Å². The molecule has 0 unspecified atom stereocenters. The van der Waals surface area contributed by atoms with Crippen LogP contribution >= 0.6 is 23.2 Å². The Morgan fingerprint density at radius 3 is 1.88 bits per heavy atom. The van der Waals surface area contributed by atoms with E-state index in [0.29, 0.717) is 41.7 Å². The van der Waals surface area contributed by atoms with Crippen molar-refractivity contribution >= 4 is 28.9 Å². The molecule has 0 aliphatic heterocycles. The Morgan fingerprint density at radius 2 is 1.47 bits per heavy atom. The van der Waals surface area contributed by atoms with Crippen molar-refractivity contribution in [1.29, 1.82) is 10.5 Å². The Kier molecular flexibility index (Phi) is 5.63. The molecular weight excluding hydrogens is 257 g/mol. The quantitative estimate of drug-likeness (QED) is 0.819. The van der Waals surface area contributed by atoms with Crippen molar-refractivity contribution < 1.29 is 0 Å². The number of benzene rings is 1. The Hall–Kier alpha value is -1.42. The van der Waals surface area contributed by atoms with Gasteiger partial charge in [0.05, 0.1) is 40.7 Å². The molecule has 0 atom stereocenters. The second kappa shape index (κ2) is 7.01. The molecule has 0 bridgehead atoms. The van der Waals surface area contributed by atoms with E-state index in [-0.39, 0.29) is 0 Å². The molecule has 0 N–H and O–H groups in total. The average molecular weight is 268 g/mol. The normalized spacial score (nSPS) is 9.41. The van der Waals surface area contributed by atoms with E-state index in [1.165, 1.54) is 0 Å². The van der Waals surface area contributed by atoms with Gasteiger partial charge in [-0.25, -0.2) is 0 Å². The van der Waals surface area contributed by atoms with Crippen LogP contribution in [0.25, 0.3) is 0 Å². The van der Waals surface area contributed by atoms with Crippen molar-refractivity contribution in [3.05, 3.63) is 28.2 Å². The molecule has 1 aromatic carbocycles. The second-order valence-electron chi connectivity index (χ2n) is 3.37. The summed E-state index contributed by atoms with van der Waals surface area (Å²) in [7, 11) is 0. The summed E-state index contributed by atoms with van der Waals surface area (Å²) in [5.74, 6) is 0. The number of para-hydroxylation sites is 1. The zero-order valence-electron chi connectivity index (χ0n) is 9.16. The lowest BCUT2D eigenvalue weighted by atomic mass is 10.2. The zero-order chi connectivity index (χ0) is 12.7. The van der Waals surface area contributed by atoms with Gasteiger partial charge in [-0.15, -0.1) is 0 Å². The molecule has 5 heteroatoms. The van der Waals surface area contributed by atoms with Crippen molar-refractivity contribution in [2.45, 2.75) is 12.8 Å². The summed E-state index contributed by atoms with van der Waals surface area (Å²) in [5.41, 5.74) is 0.696. The SMILES string of the molecule is N#CCCN(CCC#N)c1c(Cl)cccc1Cl. The first-order chi connectivity index (χ1) is 8.20. The fourth-order valence-electron chi connectivity index (χ4n) is 1.50. The molecule has 0 heterocycles. The molecule has 3 nitrogen and oxygen atoms in total. The minimum absolute atomic E-state index is 0.368. The molecule has 1 aromatic rings. The van der Waals surface area contributed by atoms with E-state index in [1.54, 1.807) is 18.2 Å². The molecule has 1 rings (SSSR count). The van der Waals surface area contributed by atoms with Crippen LogP contribution in [-0.4, -0.2) is 13.1 Å². The number of nitriles is 2. The number of anilines is 1. The second-order valence-corrected chi connectivity index (χ2v) is 4.19. The van der Waals surface area contributed by atoms with Gasteiger partial charge >= 0.3 is 0 Å². The summed E-state index contributed by atoms with van der Waals surface area (Å²) in [6.45, 7) is 1.03. The van der Waals surface area contributed by atoms with Crippen LogP contribution in [0.1, 0.15) is 12.8 Å². The van der Waals surface area contributed by atoms with Gasteiger partial charge < -0.3 is 4.90 Å². The Bertz CT molecular complexity index is 422. The van der Waals surface area contributed by atoms with E-state index in [4.69, 9.17) is 33.7 Å². The summed E-state index contributed by atoms with van der Waals surface area (Å²) in [4.78, 5) is 1.87. The fraction of sp³-hybridized carbons (Fsp3) is 0.333. The minimum atomic E-state index is 0.368. The summed E-state index contributed by atoms with van der Waals surface area (Å²) in [6.07, 6.45) is 0.736. The molecular formula is C12H11Cl2N3. The van der Waals surface area contributed by atoms with E-state index in [2.05, 4.69) is 12.1 Å². The van der Waals surface area contributed by atoms with E-state index < -0.39 is 0 Å². The molecule has 0 aromatic heterocycles. The van der Waals surface area contributed by atoms with Gasteiger partial charge in [0.1, 0.15) is 0 Å². The first-order valence-electron chi connectivity index (χ1n) is 5.13. The number of hydrogen-bond acceptors (Lipinski definition) is 3. The molecule has 0 saturated heterocycles. The predicted octanol–water partition coefficient (Wildman–Crippen LogP) is 3.63.